The smallest absolute Gasteiger partial charge is 0.253 e. The number of likely N-dealkylation sites (tertiary alicyclic amines) is 1. The fourth-order valence-corrected chi connectivity index (χ4v) is 4.83. The summed E-state index contributed by atoms with van der Waals surface area (Å²) in [6.07, 6.45) is 9.48. The van der Waals surface area contributed by atoms with Crippen molar-refractivity contribution in [1.29, 1.82) is 0 Å². The highest BCUT2D eigenvalue weighted by Gasteiger charge is 2.22. The molecule has 2 aliphatic rings. The lowest BCUT2D eigenvalue weighted by Crippen LogP contribution is -2.37. The van der Waals surface area contributed by atoms with E-state index in [1.165, 1.54) is 0 Å². The van der Waals surface area contributed by atoms with Crippen LogP contribution in [0.5, 0.6) is 5.88 Å². The number of hydrogen-bond acceptors (Lipinski definition) is 4. The van der Waals surface area contributed by atoms with Gasteiger partial charge in [-0.15, -0.1) is 0 Å². The molecule has 164 valence electrons. The minimum absolute atomic E-state index is 0.0561. The summed E-state index contributed by atoms with van der Waals surface area (Å²) in [4.78, 5) is 23.7. The van der Waals surface area contributed by atoms with Gasteiger partial charge in [0.05, 0.1) is 6.61 Å². The van der Waals surface area contributed by atoms with Gasteiger partial charge >= 0.3 is 0 Å². The van der Waals surface area contributed by atoms with E-state index in [0.717, 1.165) is 66.6 Å². The van der Waals surface area contributed by atoms with Crippen LogP contribution in [0, 0.1) is 5.92 Å². The molecule has 5 nitrogen and oxygen atoms in total. The largest absolute Gasteiger partial charge is 0.477 e. The molecule has 1 aromatic carbocycles. The molecular weight excluding hydrogens is 422 g/mol. The highest BCUT2D eigenvalue weighted by molar-refractivity contribution is 6.33. The van der Waals surface area contributed by atoms with Crippen LogP contribution >= 0.6 is 11.6 Å². The van der Waals surface area contributed by atoms with Crippen LogP contribution in [-0.2, 0) is 6.42 Å². The molecule has 0 unspecified atom stereocenters. The van der Waals surface area contributed by atoms with Crippen molar-refractivity contribution in [3.8, 4) is 28.1 Å². The van der Waals surface area contributed by atoms with Gasteiger partial charge in [-0.25, -0.2) is 4.98 Å². The van der Waals surface area contributed by atoms with Crippen LogP contribution in [0.2, 0.25) is 5.02 Å². The molecule has 1 fully saturated rings. The Labute approximate surface area is 193 Å². The number of amides is 1. The number of carbonyl (C=O) groups excluding carboxylic acids is 1. The number of halogens is 1. The molecule has 0 aliphatic carbocycles. The molecule has 4 heterocycles. The van der Waals surface area contributed by atoms with Crippen molar-refractivity contribution < 1.29 is 9.53 Å². The predicted molar refractivity (Wildman–Crippen MR) is 126 cm³/mol. The van der Waals surface area contributed by atoms with Crippen LogP contribution in [0.25, 0.3) is 22.3 Å². The Morgan fingerprint density at radius 1 is 1.09 bits per heavy atom. The van der Waals surface area contributed by atoms with Gasteiger partial charge in [-0.05, 0) is 61.4 Å². The molecule has 0 atom stereocenters. The summed E-state index contributed by atoms with van der Waals surface area (Å²) in [7, 11) is 0. The SMILES string of the molecule is CC1CCN(C(=O)c2ccc(-c3cncc(-c4ccnc5c4CCCO5)c3)c(Cl)c2)CC1. The number of fused-ring (bicyclic) bond motifs is 1. The van der Waals surface area contributed by atoms with E-state index >= 15 is 0 Å². The minimum Gasteiger partial charge on any atom is -0.477 e. The molecule has 1 amide bonds. The number of hydrogen-bond donors (Lipinski definition) is 0. The fourth-order valence-electron chi connectivity index (χ4n) is 4.54. The van der Waals surface area contributed by atoms with Gasteiger partial charge in [0.15, 0.2) is 0 Å². The van der Waals surface area contributed by atoms with Crippen LogP contribution in [0.1, 0.15) is 42.1 Å². The Balaban J connectivity index is 1.43. The number of ether oxygens (including phenoxy) is 1. The van der Waals surface area contributed by atoms with Gasteiger partial charge in [-0.2, -0.15) is 0 Å². The summed E-state index contributed by atoms with van der Waals surface area (Å²) < 4.78 is 5.72. The lowest BCUT2D eigenvalue weighted by molar-refractivity contribution is 0.0697. The maximum Gasteiger partial charge on any atom is 0.253 e. The number of rotatable bonds is 3. The van der Waals surface area contributed by atoms with Crippen LogP contribution in [-0.4, -0.2) is 40.5 Å². The molecule has 0 radical (unpaired) electrons. The van der Waals surface area contributed by atoms with Crippen molar-refractivity contribution in [2.45, 2.75) is 32.6 Å². The quantitative estimate of drug-likeness (QED) is 0.519. The maximum atomic E-state index is 12.9. The number of pyridine rings is 2. The molecule has 6 heteroatoms. The van der Waals surface area contributed by atoms with Gasteiger partial charge in [0.25, 0.3) is 5.91 Å². The summed E-state index contributed by atoms with van der Waals surface area (Å²) >= 11 is 6.66. The fraction of sp³-hybridized carbons (Fsp3) is 0.346. The van der Waals surface area contributed by atoms with Crippen LogP contribution in [0.15, 0.2) is 48.9 Å². The van der Waals surface area contributed by atoms with Gasteiger partial charge in [0.2, 0.25) is 5.88 Å². The number of carbonyl (C=O) groups is 1. The molecule has 0 N–H and O–H groups in total. The van der Waals surface area contributed by atoms with Crippen molar-refractivity contribution >= 4 is 17.5 Å². The van der Waals surface area contributed by atoms with Crippen LogP contribution < -0.4 is 4.74 Å². The molecule has 3 aromatic rings. The first kappa shape index (κ1) is 21.0. The van der Waals surface area contributed by atoms with Gasteiger partial charge in [0, 0.05) is 64.5 Å². The number of nitrogens with zero attached hydrogens (tertiary/aromatic N) is 3. The topological polar surface area (TPSA) is 55.3 Å². The molecule has 2 aliphatic heterocycles. The van der Waals surface area contributed by atoms with E-state index < -0.39 is 0 Å². The van der Waals surface area contributed by atoms with Gasteiger partial charge in [0.1, 0.15) is 0 Å². The summed E-state index contributed by atoms with van der Waals surface area (Å²) in [6, 6.07) is 9.68. The van der Waals surface area contributed by atoms with Crippen LogP contribution in [0.4, 0.5) is 0 Å². The summed E-state index contributed by atoms with van der Waals surface area (Å²) in [5, 5.41) is 0.556. The zero-order valence-corrected chi connectivity index (χ0v) is 18.9. The predicted octanol–water partition coefficient (Wildman–Crippen LogP) is 5.66. The second-order valence-electron chi connectivity index (χ2n) is 8.73. The summed E-state index contributed by atoms with van der Waals surface area (Å²) in [5.41, 5.74) is 5.64. The van der Waals surface area contributed by atoms with E-state index in [4.69, 9.17) is 16.3 Å². The average Bonchev–Trinajstić information content (AvgIpc) is 2.84. The van der Waals surface area contributed by atoms with E-state index in [2.05, 4.69) is 23.0 Å². The first-order chi connectivity index (χ1) is 15.6. The third-order valence-electron chi connectivity index (χ3n) is 6.47. The molecule has 0 bridgehead atoms. The second kappa shape index (κ2) is 8.91. The zero-order chi connectivity index (χ0) is 22.1. The summed E-state index contributed by atoms with van der Waals surface area (Å²) in [6.45, 7) is 4.57. The third kappa shape index (κ3) is 4.09. The Bertz CT molecular complexity index is 1160. The average molecular weight is 448 g/mol. The lowest BCUT2D eigenvalue weighted by Gasteiger charge is -2.30. The molecule has 2 aromatic heterocycles. The first-order valence-electron chi connectivity index (χ1n) is 11.3. The van der Waals surface area contributed by atoms with Crippen molar-refractivity contribution in [3.63, 3.8) is 0 Å². The molecule has 32 heavy (non-hydrogen) atoms. The molecule has 5 rings (SSSR count). The number of piperidine rings is 1. The second-order valence-corrected chi connectivity index (χ2v) is 9.13. The Kier molecular flexibility index (Phi) is 5.83. The zero-order valence-electron chi connectivity index (χ0n) is 18.2. The minimum atomic E-state index is 0.0561. The third-order valence-corrected chi connectivity index (χ3v) is 6.79. The van der Waals surface area contributed by atoms with E-state index in [0.29, 0.717) is 29.0 Å². The normalized spacial score (nSPS) is 16.4. The summed E-state index contributed by atoms with van der Waals surface area (Å²) in [5.74, 6) is 1.45. The number of aromatic nitrogens is 2. The molecule has 0 saturated carbocycles. The molecule has 1 saturated heterocycles. The Morgan fingerprint density at radius 3 is 2.66 bits per heavy atom. The highest BCUT2D eigenvalue weighted by atomic mass is 35.5. The van der Waals surface area contributed by atoms with Gasteiger partial charge in [-0.1, -0.05) is 24.6 Å². The van der Waals surface area contributed by atoms with Crippen molar-refractivity contribution in [2.75, 3.05) is 19.7 Å². The Morgan fingerprint density at radius 2 is 1.88 bits per heavy atom. The van der Waals surface area contributed by atoms with Crippen molar-refractivity contribution in [2.24, 2.45) is 5.92 Å². The van der Waals surface area contributed by atoms with E-state index in [-0.39, 0.29) is 5.91 Å². The first-order valence-corrected chi connectivity index (χ1v) is 11.6. The van der Waals surface area contributed by atoms with Gasteiger partial charge < -0.3 is 9.64 Å². The lowest BCUT2D eigenvalue weighted by atomic mass is 9.95. The number of benzene rings is 1. The molecule has 0 spiro atoms. The van der Waals surface area contributed by atoms with Crippen molar-refractivity contribution in [3.05, 3.63) is 65.1 Å². The van der Waals surface area contributed by atoms with E-state index in [9.17, 15) is 4.79 Å². The van der Waals surface area contributed by atoms with E-state index in [1.807, 2.05) is 35.5 Å². The highest BCUT2D eigenvalue weighted by Crippen LogP contribution is 2.35. The van der Waals surface area contributed by atoms with Crippen LogP contribution in [0.3, 0.4) is 0 Å². The molecular formula is C26H26ClN3O2. The maximum absolute atomic E-state index is 12.9. The van der Waals surface area contributed by atoms with E-state index in [1.54, 1.807) is 12.3 Å². The van der Waals surface area contributed by atoms with Gasteiger partial charge in [-0.3, -0.25) is 9.78 Å². The monoisotopic (exact) mass is 447 g/mol. The Hall–Kier alpha value is -2.92. The van der Waals surface area contributed by atoms with Crippen molar-refractivity contribution in [1.82, 2.24) is 14.9 Å². The standard InChI is InChI=1S/C26H26ClN3O2/c1-17-7-10-30(11-8-17)26(31)18-4-5-22(24(27)14-18)20-13-19(15-28-16-20)21-6-9-29-25-23(21)3-2-12-32-25/h4-6,9,13-17H,2-3,7-8,10-12H2,1H3.